The maximum Gasteiger partial charge on any atom is 0.161 e. The zero-order valence-corrected chi connectivity index (χ0v) is 18.4. The molecule has 1 fully saturated rings. The Balaban J connectivity index is 1.31. The topological polar surface area (TPSA) is 151 Å². The number of imidazole rings is 1. The minimum absolute atomic E-state index is 0.182. The van der Waals surface area contributed by atoms with Crippen LogP contribution in [0.4, 0.5) is 5.82 Å². The first kappa shape index (κ1) is 19.7. The molecular weight excluding hydrogens is 442 g/mol. The summed E-state index contributed by atoms with van der Waals surface area (Å²) in [5, 5.41) is 7.56. The molecule has 1 aliphatic heterocycles. The van der Waals surface area contributed by atoms with Crippen molar-refractivity contribution in [3.63, 3.8) is 0 Å². The van der Waals surface area contributed by atoms with Crippen molar-refractivity contribution in [2.24, 2.45) is 5.73 Å². The van der Waals surface area contributed by atoms with Crippen LogP contribution in [0.25, 0.3) is 56.1 Å². The van der Waals surface area contributed by atoms with E-state index in [0.29, 0.717) is 28.4 Å². The van der Waals surface area contributed by atoms with Crippen LogP contribution < -0.4 is 10.6 Å². The molecule has 7 heterocycles. The van der Waals surface area contributed by atoms with Gasteiger partial charge in [-0.3, -0.25) is 20.1 Å². The minimum atomic E-state index is 0.182. The van der Waals surface area contributed by atoms with Crippen molar-refractivity contribution in [1.29, 1.82) is 0 Å². The molecule has 4 N–H and O–H groups in total. The number of aromatic nitrogens is 9. The number of H-pyrrole nitrogens is 2. The third kappa shape index (κ3) is 3.28. The maximum absolute atomic E-state index is 5.92. The van der Waals surface area contributed by atoms with Crippen molar-refractivity contribution in [2.45, 2.75) is 6.04 Å². The van der Waals surface area contributed by atoms with Crippen molar-refractivity contribution in [3.05, 3.63) is 61.4 Å². The summed E-state index contributed by atoms with van der Waals surface area (Å²) in [6.45, 7) is 1.55. The van der Waals surface area contributed by atoms with Gasteiger partial charge in [-0.15, -0.1) is 0 Å². The Bertz CT molecular complexity index is 1680. The number of fused-ring (bicyclic) bond motifs is 2. The standard InChI is InChI=1S/C24H19N11/c25-14-11-35(12-14)20-10-28-8-18(29-20)16-1-2-17-22(30-16)23(34-33-17)24-31-19-9-27-7-15(21(19)32-24)13-3-5-26-6-4-13/h1-10,14H,11-12,25H2,(H,31,32)(H,33,34). The summed E-state index contributed by atoms with van der Waals surface area (Å²) >= 11 is 0. The van der Waals surface area contributed by atoms with Gasteiger partial charge >= 0.3 is 0 Å². The molecule has 0 bridgehead atoms. The Hall–Kier alpha value is -4.77. The third-order valence-electron chi connectivity index (χ3n) is 6.14. The van der Waals surface area contributed by atoms with Crippen LogP contribution in [0.5, 0.6) is 0 Å². The number of rotatable bonds is 4. The van der Waals surface area contributed by atoms with Gasteiger partial charge in [-0.1, -0.05) is 0 Å². The third-order valence-corrected chi connectivity index (χ3v) is 6.14. The van der Waals surface area contributed by atoms with Gasteiger partial charge in [0.05, 0.1) is 40.8 Å². The van der Waals surface area contributed by atoms with Gasteiger partial charge in [-0.2, -0.15) is 5.10 Å². The summed E-state index contributed by atoms with van der Waals surface area (Å²) in [4.78, 5) is 32.8. The van der Waals surface area contributed by atoms with E-state index in [4.69, 9.17) is 20.7 Å². The second-order valence-corrected chi connectivity index (χ2v) is 8.50. The van der Waals surface area contributed by atoms with E-state index in [0.717, 1.165) is 46.6 Å². The predicted octanol–water partition coefficient (Wildman–Crippen LogP) is 2.56. The Kier molecular flexibility index (Phi) is 4.29. The molecule has 0 radical (unpaired) electrons. The zero-order chi connectivity index (χ0) is 23.4. The lowest BCUT2D eigenvalue weighted by Crippen LogP contribution is -2.56. The van der Waals surface area contributed by atoms with E-state index in [1.165, 1.54) is 0 Å². The molecular formula is C24H19N11. The SMILES string of the molecule is NC1CN(c2cncc(-c3ccc4[nH]nc(-c5nc6c(-c7ccncc7)cncc6[nH]5)c4n3)n2)C1. The van der Waals surface area contributed by atoms with Crippen molar-refractivity contribution in [2.75, 3.05) is 18.0 Å². The molecule has 0 aliphatic carbocycles. The number of anilines is 1. The highest BCUT2D eigenvalue weighted by Gasteiger charge is 2.25. The molecule has 35 heavy (non-hydrogen) atoms. The molecule has 0 amide bonds. The first-order chi connectivity index (χ1) is 17.2. The van der Waals surface area contributed by atoms with Crippen molar-refractivity contribution in [3.8, 4) is 34.0 Å². The van der Waals surface area contributed by atoms with Gasteiger partial charge in [0.25, 0.3) is 0 Å². The number of nitrogens with one attached hydrogen (secondary N) is 2. The molecule has 11 nitrogen and oxygen atoms in total. The highest BCUT2D eigenvalue weighted by atomic mass is 15.3. The van der Waals surface area contributed by atoms with Gasteiger partial charge in [-0.05, 0) is 29.8 Å². The summed E-state index contributed by atoms with van der Waals surface area (Å²) in [5.74, 6) is 1.40. The van der Waals surface area contributed by atoms with Gasteiger partial charge in [0.1, 0.15) is 17.0 Å². The molecule has 0 atom stereocenters. The molecule has 6 aromatic rings. The molecule has 6 aromatic heterocycles. The van der Waals surface area contributed by atoms with Gasteiger partial charge in [-0.25, -0.2) is 15.0 Å². The van der Waals surface area contributed by atoms with Crippen molar-refractivity contribution < 1.29 is 0 Å². The molecule has 170 valence electrons. The zero-order valence-electron chi connectivity index (χ0n) is 18.4. The Labute approximate surface area is 198 Å². The Morgan fingerprint density at radius 2 is 1.66 bits per heavy atom. The van der Waals surface area contributed by atoms with E-state index in [1.54, 1.807) is 37.2 Å². The van der Waals surface area contributed by atoms with E-state index in [9.17, 15) is 0 Å². The summed E-state index contributed by atoms with van der Waals surface area (Å²) < 4.78 is 0. The minimum Gasteiger partial charge on any atom is -0.352 e. The largest absolute Gasteiger partial charge is 0.352 e. The molecule has 0 unspecified atom stereocenters. The maximum atomic E-state index is 5.92. The van der Waals surface area contributed by atoms with Crippen LogP contribution in [-0.2, 0) is 0 Å². The van der Waals surface area contributed by atoms with Crippen LogP contribution >= 0.6 is 0 Å². The lowest BCUT2D eigenvalue weighted by molar-refractivity contribution is 0.514. The number of hydrogen-bond acceptors (Lipinski definition) is 9. The molecule has 0 aromatic carbocycles. The Morgan fingerprint density at radius 1 is 0.800 bits per heavy atom. The van der Waals surface area contributed by atoms with Crippen molar-refractivity contribution >= 4 is 27.9 Å². The van der Waals surface area contributed by atoms with Crippen LogP contribution in [-0.4, -0.2) is 64.2 Å². The van der Waals surface area contributed by atoms with Gasteiger partial charge in [0.15, 0.2) is 11.5 Å². The van der Waals surface area contributed by atoms with E-state index < -0.39 is 0 Å². The van der Waals surface area contributed by atoms with E-state index >= 15 is 0 Å². The highest BCUT2D eigenvalue weighted by Crippen LogP contribution is 2.31. The number of pyridine rings is 3. The highest BCUT2D eigenvalue weighted by molar-refractivity contribution is 5.95. The van der Waals surface area contributed by atoms with Crippen LogP contribution in [0.2, 0.25) is 0 Å². The average molecular weight is 461 g/mol. The summed E-state index contributed by atoms with van der Waals surface area (Å²) in [7, 11) is 0. The second kappa shape index (κ2) is 7.64. The number of hydrogen-bond donors (Lipinski definition) is 3. The lowest BCUT2D eigenvalue weighted by Gasteiger charge is -2.37. The number of nitrogens with two attached hydrogens (primary N) is 1. The van der Waals surface area contributed by atoms with Gasteiger partial charge in [0.2, 0.25) is 0 Å². The fourth-order valence-corrected chi connectivity index (χ4v) is 4.33. The number of aromatic amines is 2. The molecule has 0 saturated carbocycles. The predicted molar refractivity (Wildman–Crippen MR) is 131 cm³/mol. The number of nitrogens with zero attached hydrogens (tertiary/aromatic N) is 8. The fraction of sp³-hybridized carbons (Fsp3) is 0.125. The smallest absolute Gasteiger partial charge is 0.161 e. The monoisotopic (exact) mass is 461 g/mol. The van der Waals surface area contributed by atoms with Crippen LogP contribution in [0.1, 0.15) is 0 Å². The molecule has 1 aliphatic rings. The molecule has 11 heteroatoms. The van der Waals surface area contributed by atoms with Gasteiger partial charge in [0, 0.05) is 43.3 Å². The fourth-order valence-electron chi connectivity index (χ4n) is 4.33. The Morgan fingerprint density at radius 3 is 2.51 bits per heavy atom. The van der Waals surface area contributed by atoms with Crippen LogP contribution in [0.15, 0.2) is 61.4 Å². The van der Waals surface area contributed by atoms with Crippen molar-refractivity contribution in [1.82, 2.24) is 45.1 Å². The second-order valence-electron chi connectivity index (χ2n) is 8.50. The first-order valence-electron chi connectivity index (χ1n) is 11.2. The van der Waals surface area contributed by atoms with E-state index in [-0.39, 0.29) is 6.04 Å². The average Bonchev–Trinajstić information content (AvgIpc) is 3.51. The first-order valence-corrected chi connectivity index (χ1v) is 11.2. The lowest BCUT2D eigenvalue weighted by atomic mass is 10.1. The van der Waals surface area contributed by atoms with E-state index in [2.05, 4.69) is 35.0 Å². The van der Waals surface area contributed by atoms with Crippen LogP contribution in [0.3, 0.4) is 0 Å². The van der Waals surface area contributed by atoms with Gasteiger partial charge < -0.3 is 15.6 Å². The van der Waals surface area contributed by atoms with Crippen LogP contribution in [0, 0.1) is 0 Å². The normalized spacial score (nSPS) is 14.0. The summed E-state index contributed by atoms with van der Waals surface area (Å²) in [5.41, 5.74) is 12.9. The van der Waals surface area contributed by atoms with E-state index in [1.807, 2.05) is 24.3 Å². The molecule has 0 spiro atoms. The molecule has 7 rings (SSSR count). The quantitative estimate of drug-likeness (QED) is 0.360. The molecule has 1 saturated heterocycles. The summed E-state index contributed by atoms with van der Waals surface area (Å²) in [6.07, 6.45) is 10.5. The summed E-state index contributed by atoms with van der Waals surface area (Å²) in [6, 6.07) is 7.90.